The number of benzene rings is 2. The van der Waals surface area contributed by atoms with Gasteiger partial charge in [-0.15, -0.1) is 0 Å². The molecule has 0 bridgehead atoms. The Bertz CT molecular complexity index is 1450. The second-order valence-electron chi connectivity index (χ2n) is 8.49. The van der Waals surface area contributed by atoms with Crippen LogP contribution in [0.1, 0.15) is 6.92 Å². The third kappa shape index (κ3) is 4.26. The van der Waals surface area contributed by atoms with Crippen molar-refractivity contribution in [3.63, 3.8) is 0 Å². The molecule has 1 saturated heterocycles. The SMILES string of the molecule is CCOc1ccc(N2CCN(C(=O)n3c(=O)n(C)c4nc(-c5cccc(OC)c5)ncc43)CC2)cc1. The Hall–Kier alpha value is -4.34. The molecule has 5 rings (SSSR count). The van der Waals surface area contributed by atoms with Crippen molar-refractivity contribution >= 4 is 22.9 Å². The van der Waals surface area contributed by atoms with Crippen LogP contribution in [0.25, 0.3) is 22.6 Å². The molecule has 10 heteroatoms. The minimum Gasteiger partial charge on any atom is -0.497 e. The predicted octanol–water partition coefficient (Wildman–Crippen LogP) is 2.99. The second kappa shape index (κ2) is 9.73. The van der Waals surface area contributed by atoms with E-state index in [0.29, 0.717) is 55.5 Å². The molecule has 2 aromatic carbocycles. The van der Waals surface area contributed by atoms with Crippen LogP contribution in [-0.4, -0.2) is 69.9 Å². The molecule has 0 atom stereocenters. The first-order chi connectivity index (χ1) is 17.5. The van der Waals surface area contributed by atoms with Crippen LogP contribution in [0.2, 0.25) is 0 Å². The topological polar surface area (TPSA) is 94.7 Å². The molecule has 186 valence electrons. The average molecular weight is 489 g/mol. The van der Waals surface area contributed by atoms with Gasteiger partial charge in [-0.3, -0.25) is 4.57 Å². The smallest absolute Gasteiger partial charge is 0.338 e. The summed E-state index contributed by atoms with van der Waals surface area (Å²) >= 11 is 0. The Morgan fingerprint density at radius 3 is 2.47 bits per heavy atom. The summed E-state index contributed by atoms with van der Waals surface area (Å²) in [7, 11) is 3.21. The fourth-order valence-corrected chi connectivity index (χ4v) is 4.42. The number of imidazole rings is 1. The van der Waals surface area contributed by atoms with Crippen molar-refractivity contribution in [2.24, 2.45) is 7.05 Å². The lowest BCUT2D eigenvalue weighted by atomic mass is 10.2. The normalized spacial score (nSPS) is 13.8. The number of rotatable bonds is 5. The summed E-state index contributed by atoms with van der Waals surface area (Å²) in [5, 5.41) is 0. The quantitative estimate of drug-likeness (QED) is 0.426. The minimum atomic E-state index is -0.443. The number of hydrogen-bond acceptors (Lipinski definition) is 7. The van der Waals surface area contributed by atoms with Gasteiger partial charge < -0.3 is 19.3 Å². The second-order valence-corrected chi connectivity index (χ2v) is 8.49. The average Bonchev–Trinajstić information content (AvgIpc) is 3.18. The van der Waals surface area contributed by atoms with E-state index in [2.05, 4.69) is 14.9 Å². The fraction of sp³-hybridized carbons (Fsp3) is 0.308. The zero-order valence-corrected chi connectivity index (χ0v) is 20.5. The maximum atomic E-state index is 13.4. The van der Waals surface area contributed by atoms with Gasteiger partial charge in [0.2, 0.25) is 0 Å². The number of fused-ring (bicyclic) bond motifs is 1. The molecule has 10 nitrogen and oxygen atoms in total. The molecule has 0 radical (unpaired) electrons. The summed E-state index contributed by atoms with van der Waals surface area (Å²) in [5.41, 5.74) is 2.17. The Morgan fingerprint density at radius 2 is 1.78 bits per heavy atom. The number of carbonyl (C=O) groups is 1. The van der Waals surface area contributed by atoms with Crippen LogP contribution in [0.5, 0.6) is 11.5 Å². The molecule has 4 aromatic rings. The van der Waals surface area contributed by atoms with Gasteiger partial charge in [0.05, 0.1) is 19.9 Å². The largest absolute Gasteiger partial charge is 0.497 e. The van der Waals surface area contributed by atoms with Crippen LogP contribution in [0, 0.1) is 0 Å². The zero-order chi connectivity index (χ0) is 25.2. The van der Waals surface area contributed by atoms with Crippen LogP contribution in [0.3, 0.4) is 0 Å². The van der Waals surface area contributed by atoms with Gasteiger partial charge in [0.25, 0.3) is 0 Å². The molecule has 0 spiro atoms. The van der Waals surface area contributed by atoms with Gasteiger partial charge in [0.1, 0.15) is 17.0 Å². The monoisotopic (exact) mass is 488 g/mol. The highest BCUT2D eigenvalue weighted by atomic mass is 16.5. The molecule has 2 aromatic heterocycles. The molecular formula is C26H28N6O4. The Labute approximate surface area is 208 Å². The highest BCUT2D eigenvalue weighted by Gasteiger charge is 2.27. The van der Waals surface area contributed by atoms with E-state index in [1.54, 1.807) is 19.1 Å². The first-order valence-corrected chi connectivity index (χ1v) is 11.9. The molecule has 1 fully saturated rings. The fourth-order valence-electron chi connectivity index (χ4n) is 4.42. The van der Waals surface area contributed by atoms with Crippen molar-refractivity contribution < 1.29 is 14.3 Å². The Kier molecular flexibility index (Phi) is 6.32. The van der Waals surface area contributed by atoms with E-state index in [1.807, 2.05) is 55.5 Å². The molecule has 1 aliphatic rings. The van der Waals surface area contributed by atoms with E-state index in [-0.39, 0.29) is 6.03 Å². The van der Waals surface area contributed by atoms with Crippen molar-refractivity contribution in [3.05, 3.63) is 65.2 Å². The lowest BCUT2D eigenvalue weighted by Gasteiger charge is -2.36. The van der Waals surface area contributed by atoms with Crippen molar-refractivity contribution in [1.82, 2.24) is 24.0 Å². The van der Waals surface area contributed by atoms with Gasteiger partial charge in [-0.25, -0.2) is 24.1 Å². The number of aromatic nitrogens is 4. The van der Waals surface area contributed by atoms with E-state index >= 15 is 0 Å². The standard InChI is InChI=1S/C26H28N6O4/c1-4-36-20-10-8-19(9-11-20)30-12-14-31(15-13-30)26(34)32-22-17-27-23(28-24(22)29(2)25(32)33)18-6-5-7-21(16-18)35-3/h5-11,16-17H,4,12-15H2,1-3H3. The predicted molar refractivity (Wildman–Crippen MR) is 137 cm³/mol. The lowest BCUT2D eigenvalue weighted by molar-refractivity contribution is 0.196. The van der Waals surface area contributed by atoms with Crippen LogP contribution in [0.15, 0.2) is 59.5 Å². The number of amides is 1. The van der Waals surface area contributed by atoms with Gasteiger partial charge in [0, 0.05) is 44.5 Å². The van der Waals surface area contributed by atoms with Crippen molar-refractivity contribution in [3.8, 4) is 22.9 Å². The first-order valence-electron chi connectivity index (χ1n) is 11.9. The number of methoxy groups -OCH3 is 1. The molecule has 1 aliphatic heterocycles. The number of nitrogens with zero attached hydrogens (tertiary/aromatic N) is 6. The highest BCUT2D eigenvalue weighted by Crippen LogP contribution is 2.23. The maximum Gasteiger partial charge on any atom is 0.338 e. The third-order valence-corrected chi connectivity index (χ3v) is 6.37. The van der Waals surface area contributed by atoms with Crippen LogP contribution >= 0.6 is 0 Å². The molecule has 0 N–H and O–H groups in total. The molecule has 3 heterocycles. The number of carbonyl (C=O) groups excluding carboxylic acids is 1. The Balaban J connectivity index is 1.36. The van der Waals surface area contributed by atoms with E-state index in [0.717, 1.165) is 21.6 Å². The van der Waals surface area contributed by atoms with Crippen molar-refractivity contribution in [2.45, 2.75) is 6.92 Å². The lowest BCUT2D eigenvalue weighted by Crippen LogP contribution is -2.51. The summed E-state index contributed by atoms with van der Waals surface area (Å²) in [4.78, 5) is 39.4. The van der Waals surface area contributed by atoms with Gasteiger partial charge in [0.15, 0.2) is 11.5 Å². The number of ether oxygens (including phenoxy) is 2. The number of aryl methyl sites for hydroxylation is 1. The minimum absolute atomic E-state index is 0.366. The van der Waals surface area contributed by atoms with Crippen molar-refractivity contribution in [2.75, 3.05) is 44.8 Å². The Morgan fingerprint density at radius 1 is 1.03 bits per heavy atom. The molecule has 1 amide bonds. The van der Waals surface area contributed by atoms with Gasteiger partial charge >= 0.3 is 11.7 Å². The summed E-state index contributed by atoms with van der Waals surface area (Å²) in [5.74, 6) is 1.97. The zero-order valence-electron chi connectivity index (χ0n) is 20.5. The van der Waals surface area contributed by atoms with E-state index in [4.69, 9.17) is 9.47 Å². The highest BCUT2D eigenvalue weighted by molar-refractivity contribution is 5.88. The summed E-state index contributed by atoms with van der Waals surface area (Å²) in [6.07, 6.45) is 1.53. The molecule has 0 unspecified atom stereocenters. The van der Waals surface area contributed by atoms with Crippen LogP contribution in [-0.2, 0) is 7.05 Å². The molecule has 0 aliphatic carbocycles. The van der Waals surface area contributed by atoms with Gasteiger partial charge in [-0.05, 0) is 43.3 Å². The van der Waals surface area contributed by atoms with E-state index in [9.17, 15) is 9.59 Å². The summed E-state index contributed by atoms with van der Waals surface area (Å²) in [6.45, 7) is 4.90. The van der Waals surface area contributed by atoms with Gasteiger partial charge in [-0.2, -0.15) is 0 Å². The molecular weight excluding hydrogens is 460 g/mol. The van der Waals surface area contributed by atoms with E-state index < -0.39 is 5.69 Å². The number of anilines is 1. The van der Waals surface area contributed by atoms with Crippen LogP contribution < -0.4 is 20.1 Å². The number of hydrogen-bond donors (Lipinski definition) is 0. The summed E-state index contributed by atoms with van der Waals surface area (Å²) in [6, 6.07) is 15.0. The number of piperazine rings is 1. The van der Waals surface area contributed by atoms with Gasteiger partial charge in [-0.1, -0.05) is 12.1 Å². The summed E-state index contributed by atoms with van der Waals surface area (Å²) < 4.78 is 13.3. The van der Waals surface area contributed by atoms with Crippen LogP contribution in [0.4, 0.5) is 10.5 Å². The third-order valence-electron chi connectivity index (χ3n) is 6.37. The molecule has 0 saturated carbocycles. The van der Waals surface area contributed by atoms with E-state index in [1.165, 1.54) is 10.8 Å². The molecule has 36 heavy (non-hydrogen) atoms. The van der Waals surface area contributed by atoms with Crippen molar-refractivity contribution in [1.29, 1.82) is 0 Å². The first kappa shape index (κ1) is 23.4. The maximum absolute atomic E-state index is 13.4.